The lowest BCUT2D eigenvalue weighted by molar-refractivity contribution is 0.254. The monoisotopic (exact) mass is 240 g/mol. The Morgan fingerprint density at radius 1 is 1.62 bits per heavy atom. The van der Waals surface area contributed by atoms with E-state index >= 15 is 0 Å². The lowest BCUT2D eigenvalue weighted by Crippen LogP contribution is -2.35. The van der Waals surface area contributed by atoms with Gasteiger partial charge < -0.3 is 9.73 Å². The average molecular weight is 240 g/mol. The fourth-order valence-corrected chi connectivity index (χ4v) is 3.14. The summed E-state index contributed by atoms with van der Waals surface area (Å²) in [6.07, 6.45) is 1.86. The minimum atomic E-state index is 0.750. The Bertz CT molecular complexity index is 327. The molecule has 1 atom stereocenters. The van der Waals surface area contributed by atoms with Crippen molar-refractivity contribution in [3.05, 3.63) is 23.7 Å². The van der Waals surface area contributed by atoms with Gasteiger partial charge >= 0.3 is 0 Å². The molecule has 2 rings (SSSR count). The Morgan fingerprint density at radius 2 is 2.50 bits per heavy atom. The van der Waals surface area contributed by atoms with Gasteiger partial charge in [-0.1, -0.05) is 6.92 Å². The van der Waals surface area contributed by atoms with E-state index in [1.54, 1.807) is 0 Å². The molecule has 1 aliphatic rings. The zero-order chi connectivity index (χ0) is 11.4. The lowest BCUT2D eigenvalue weighted by Gasteiger charge is -2.29. The van der Waals surface area contributed by atoms with Crippen molar-refractivity contribution in [1.82, 2.24) is 10.2 Å². The maximum absolute atomic E-state index is 5.57. The van der Waals surface area contributed by atoms with Crippen LogP contribution in [0.15, 0.2) is 16.7 Å². The smallest absolute Gasteiger partial charge is 0.118 e. The van der Waals surface area contributed by atoms with Crippen molar-refractivity contribution < 1.29 is 4.42 Å². The van der Waals surface area contributed by atoms with Gasteiger partial charge in [-0.2, -0.15) is 11.8 Å². The van der Waals surface area contributed by atoms with Crippen LogP contribution in [0.3, 0.4) is 0 Å². The first kappa shape index (κ1) is 12.0. The van der Waals surface area contributed by atoms with Crippen LogP contribution in [0, 0.1) is 0 Å². The summed E-state index contributed by atoms with van der Waals surface area (Å²) < 4.78 is 5.57. The van der Waals surface area contributed by atoms with Crippen LogP contribution >= 0.6 is 11.8 Å². The van der Waals surface area contributed by atoms with Crippen LogP contribution in [-0.4, -0.2) is 36.0 Å². The maximum Gasteiger partial charge on any atom is 0.118 e. The first-order valence-corrected chi connectivity index (χ1v) is 6.87. The van der Waals surface area contributed by atoms with Crippen molar-refractivity contribution in [1.29, 1.82) is 0 Å². The van der Waals surface area contributed by atoms with Gasteiger partial charge in [-0.05, 0) is 13.1 Å². The van der Waals surface area contributed by atoms with Gasteiger partial charge in [0.1, 0.15) is 5.76 Å². The van der Waals surface area contributed by atoms with Crippen molar-refractivity contribution >= 4 is 11.8 Å². The molecule has 2 heterocycles. The highest BCUT2D eigenvalue weighted by molar-refractivity contribution is 7.99. The van der Waals surface area contributed by atoms with E-state index < -0.39 is 0 Å². The Kier molecular flexibility index (Phi) is 4.32. The molecule has 1 aromatic rings. The van der Waals surface area contributed by atoms with Crippen LogP contribution in [0.25, 0.3) is 0 Å². The minimum Gasteiger partial charge on any atom is -0.468 e. The molecule has 4 heteroatoms. The van der Waals surface area contributed by atoms with Crippen molar-refractivity contribution in [2.45, 2.75) is 25.3 Å². The second-order valence-electron chi connectivity index (χ2n) is 4.37. The molecule has 3 nitrogen and oxygen atoms in total. The van der Waals surface area contributed by atoms with E-state index in [2.05, 4.69) is 35.0 Å². The van der Waals surface area contributed by atoms with Gasteiger partial charge in [0, 0.05) is 36.2 Å². The van der Waals surface area contributed by atoms with Gasteiger partial charge in [0.15, 0.2) is 0 Å². The molecule has 0 saturated carbocycles. The molecule has 90 valence electrons. The maximum atomic E-state index is 5.57. The molecule has 1 saturated heterocycles. The van der Waals surface area contributed by atoms with Crippen LogP contribution in [0.1, 0.15) is 18.2 Å². The SMILES string of the molecule is CNCc1coc(CN2CCSC(C)C2)c1. The van der Waals surface area contributed by atoms with E-state index in [9.17, 15) is 0 Å². The summed E-state index contributed by atoms with van der Waals surface area (Å²) in [6.45, 7) is 6.49. The molecule has 0 spiro atoms. The second kappa shape index (κ2) is 5.75. The van der Waals surface area contributed by atoms with Crippen molar-refractivity contribution in [2.24, 2.45) is 0 Å². The van der Waals surface area contributed by atoms with E-state index in [4.69, 9.17) is 4.42 Å². The molecule has 1 aliphatic heterocycles. The number of nitrogens with zero attached hydrogens (tertiary/aromatic N) is 1. The number of furan rings is 1. The van der Waals surface area contributed by atoms with Crippen LogP contribution in [-0.2, 0) is 13.1 Å². The van der Waals surface area contributed by atoms with E-state index in [-0.39, 0.29) is 0 Å². The van der Waals surface area contributed by atoms with Gasteiger partial charge in [0.25, 0.3) is 0 Å². The third-order valence-corrected chi connectivity index (χ3v) is 3.93. The fraction of sp³-hybridized carbons (Fsp3) is 0.667. The van der Waals surface area contributed by atoms with E-state index in [0.29, 0.717) is 0 Å². The Labute approximate surface area is 102 Å². The Morgan fingerprint density at radius 3 is 3.25 bits per heavy atom. The number of rotatable bonds is 4. The summed E-state index contributed by atoms with van der Waals surface area (Å²) in [5.41, 5.74) is 1.23. The molecule has 0 radical (unpaired) electrons. The highest BCUT2D eigenvalue weighted by Crippen LogP contribution is 2.20. The normalized spacial score (nSPS) is 22.5. The molecule has 1 N–H and O–H groups in total. The van der Waals surface area contributed by atoms with Gasteiger partial charge in [-0.25, -0.2) is 0 Å². The zero-order valence-corrected chi connectivity index (χ0v) is 10.8. The molecule has 1 aromatic heterocycles. The summed E-state index contributed by atoms with van der Waals surface area (Å²) in [5.74, 6) is 2.33. The third kappa shape index (κ3) is 3.27. The first-order chi connectivity index (χ1) is 7.78. The first-order valence-electron chi connectivity index (χ1n) is 5.83. The average Bonchev–Trinajstić information content (AvgIpc) is 2.66. The Balaban J connectivity index is 1.87. The molecule has 1 unspecified atom stereocenters. The summed E-state index contributed by atoms with van der Waals surface area (Å²) in [7, 11) is 1.95. The van der Waals surface area contributed by atoms with Crippen LogP contribution in [0.5, 0.6) is 0 Å². The largest absolute Gasteiger partial charge is 0.468 e. The predicted octanol–water partition coefficient (Wildman–Crippen LogP) is 1.94. The molecule has 16 heavy (non-hydrogen) atoms. The number of hydrogen-bond acceptors (Lipinski definition) is 4. The molecule has 1 fully saturated rings. The Hall–Kier alpha value is -0.450. The zero-order valence-electron chi connectivity index (χ0n) is 10.0. The molecular weight excluding hydrogens is 220 g/mol. The molecule has 0 aromatic carbocycles. The van der Waals surface area contributed by atoms with Crippen molar-refractivity contribution in [3.8, 4) is 0 Å². The fourth-order valence-electron chi connectivity index (χ4n) is 2.06. The summed E-state index contributed by atoms with van der Waals surface area (Å²) >= 11 is 2.06. The third-order valence-electron chi connectivity index (χ3n) is 2.79. The molecular formula is C12H20N2OS. The molecule has 0 amide bonds. The standard InChI is InChI=1S/C12H20N2OS/c1-10-7-14(3-4-16-10)8-12-5-11(6-13-2)9-15-12/h5,9-10,13H,3-4,6-8H2,1-2H3. The number of thioether (sulfide) groups is 1. The molecule has 0 aliphatic carbocycles. The van der Waals surface area contributed by atoms with Crippen molar-refractivity contribution in [2.75, 3.05) is 25.9 Å². The number of nitrogens with one attached hydrogen (secondary N) is 1. The molecule has 0 bridgehead atoms. The summed E-state index contributed by atoms with van der Waals surface area (Å²) in [6, 6.07) is 2.16. The quantitative estimate of drug-likeness (QED) is 0.870. The van der Waals surface area contributed by atoms with Gasteiger partial charge in [0.2, 0.25) is 0 Å². The highest BCUT2D eigenvalue weighted by Gasteiger charge is 2.17. The summed E-state index contributed by atoms with van der Waals surface area (Å²) in [4.78, 5) is 2.48. The minimum absolute atomic E-state index is 0.750. The predicted molar refractivity (Wildman–Crippen MR) is 68.7 cm³/mol. The lowest BCUT2D eigenvalue weighted by atomic mass is 10.3. The van der Waals surface area contributed by atoms with Gasteiger partial charge in [-0.3, -0.25) is 4.90 Å². The second-order valence-corrected chi connectivity index (χ2v) is 5.91. The number of hydrogen-bond donors (Lipinski definition) is 1. The van der Waals surface area contributed by atoms with Crippen LogP contribution < -0.4 is 5.32 Å². The van der Waals surface area contributed by atoms with Gasteiger partial charge in [-0.15, -0.1) is 0 Å². The van der Waals surface area contributed by atoms with E-state index in [0.717, 1.165) is 24.1 Å². The topological polar surface area (TPSA) is 28.4 Å². The summed E-state index contributed by atoms with van der Waals surface area (Å²) in [5, 5.41) is 3.88. The van der Waals surface area contributed by atoms with Gasteiger partial charge in [0.05, 0.1) is 12.8 Å². The van der Waals surface area contributed by atoms with Crippen LogP contribution in [0.4, 0.5) is 0 Å². The van der Waals surface area contributed by atoms with E-state index in [1.165, 1.54) is 24.4 Å². The van der Waals surface area contributed by atoms with Crippen LogP contribution in [0.2, 0.25) is 0 Å². The van der Waals surface area contributed by atoms with Crippen molar-refractivity contribution in [3.63, 3.8) is 0 Å². The van der Waals surface area contributed by atoms with E-state index in [1.807, 2.05) is 13.3 Å². The highest BCUT2D eigenvalue weighted by atomic mass is 32.2.